The molecule has 0 saturated heterocycles. The number of nitrogen functional groups attached to an aromatic ring is 1. The second-order valence-electron chi connectivity index (χ2n) is 5.29. The minimum absolute atomic E-state index is 0.0321. The summed E-state index contributed by atoms with van der Waals surface area (Å²) in [5.74, 6) is 0.0321. The van der Waals surface area contributed by atoms with Gasteiger partial charge in [0.1, 0.15) is 0 Å². The third-order valence-electron chi connectivity index (χ3n) is 3.71. The predicted octanol–water partition coefficient (Wildman–Crippen LogP) is 1.52. The summed E-state index contributed by atoms with van der Waals surface area (Å²) < 4.78 is 1.81. The van der Waals surface area contributed by atoms with Crippen LogP contribution in [0.1, 0.15) is 22.5 Å². The maximum Gasteiger partial charge on any atom is 0.224 e. The van der Waals surface area contributed by atoms with Crippen LogP contribution < -0.4 is 11.1 Å². The van der Waals surface area contributed by atoms with Gasteiger partial charge in [0.2, 0.25) is 5.91 Å². The second-order valence-corrected chi connectivity index (χ2v) is 5.29. The van der Waals surface area contributed by atoms with E-state index in [2.05, 4.69) is 10.4 Å². The summed E-state index contributed by atoms with van der Waals surface area (Å²) in [6, 6.07) is 7.72. The molecule has 112 valence electrons. The number of carbonyl (C=O) groups excluding carboxylic acids is 1. The van der Waals surface area contributed by atoms with Crippen LogP contribution in [0.2, 0.25) is 0 Å². The van der Waals surface area contributed by atoms with Crippen molar-refractivity contribution in [2.45, 2.75) is 26.7 Å². The van der Waals surface area contributed by atoms with E-state index in [1.165, 1.54) is 5.56 Å². The molecule has 1 amide bonds. The zero-order valence-electron chi connectivity index (χ0n) is 12.8. The van der Waals surface area contributed by atoms with Gasteiger partial charge in [-0.05, 0) is 38.0 Å². The van der Waals surface area contributed by atoms with E-state index in [0.29, 0.717) is 13.0 Å². The van der Waals surface area contributed by atoms with Crippen LogP contribution in [0.5, 0.6) is 0 Å². The van der Waals surface area contributed by atoms with Gasteiger partial charge in [-0.2, -0.15) is 5.10 Å². The average molecular weight is 286 g/mol. The van der Waals surface area contributed by atoms with Crippen molar-refractivity contribution < 1.29 is 4.79 Å². The maximum atomic E-state index is 12.0. The highest BCUT2D eigenvalue weighted by molar-refractivity contribution is 5.79. The van der Waals surface area contributed by atoms with Gasteiger partial charge in [-0.25, -0.2) is 0 Å². The number of nitrogens with zero attached hydrogens (tertiary/aromatic N) is 2. The topological polar surface area (TPSA) is 72.9 Å². The normalized spacial score (nSPS) is 10.6. The number of carbonyl (C=O) groups is 1. The Balaban J connectivity index is 1.83. The molecule has 2 aromatic rings. The smallest absolute Gasteiger partial charge is 0.224 e. The Labute approximate surface area is 125 Å². The number of nitrogens with two attached hydrogens (primary N) is 1. The third kappa shape index (κ3) is 3.84. The standard InChI is InChI=1S/C16H22N4O/c1-11-15(12(2)20(3)19-11)10-16(21)18-9-8-13-4-6-14(17)7-5-13/h4-7H,8-10,17H2,1-3H3,(H,18,21). The fourth-order valence-electron chi connectivity index (χ4n) is 2.33. The minimum Gasteiger partial charge on any atom is -0.399 e. The zero-order valence-corrected chi connectivity index (χ0v) is 12.8. The van der Waals surface area contributed by atoms with Gasteiger partial charge in [-0.15, -0.1) is 0 Å². The van der Waals surface area contributed by atoms with Gasteiger partial charge in [-0.1, -0.05) is 12.1 Å². The summed E-state index contributed by atoms with van der Waals surface area (Å²) in [5, 5.41) is 7.28. The average Bonchev–Trinajstić information content (AvgIpc) is 2.68. The van der Waals surface area contributed by atoms with Gasteiger partial charge < -0.3 is 11.1 Å². The monoisotopic (exact) mass is 286 g/mol. The van der Waals surface area contributed by atoms with Gasteiger partial charge in [-0.3, -0.25) is 9.48 Å². The predicted molar refractivity (Wildman–Crippen MR) is 84.0 cm³/mol. The number of nitrogens with one attached hydrogen (secondary N) is 1. The van der Waals surface area contributed by atoms with Crippen LogP contribution in [0.15, 0.2) is 24.3 Å². The lowest BCUT2D eigenvalue weighted by atomic mass is 10.1. The Kier molecular flexibility index (Phi) is 4.62. The molecule has 2 rings (SSSR count). The fourth-order valence-corrected chi connectivity index (χ4v) is 2.33. The Hall–Kier alpha value is -2.30. The van der Waals surface area contributed by atoms with E-state index >= 15 is 0 Å². The van der Waals surface area contributed by atoms with Crippen molar-refractivity contribution >= 4 is 11.6 Å². The van der Waals surface area contributed by atoms with E-state index < -0.39 is 0 Å². The molecule has 0 aliphatic heterocycles. The van der Waals surface area contributed by atoms with Gasteiger partial charge in [0.25, 0.3) is 0 Å². The summed E-state index contributed by atoms with van der Waals surface area (Å²) in [4.78, 5) is 12.0. The summed E-state index contributed by atoms with van der Waals surface area (Å²) in [7, 11) is 1.89. The van der Waals surface area contributed by atoms with Crippen LogP contribution in [-0.4, -0.2) is 22.2 Å². The molecule has 0 aliphatic rings. The highest BCUT2D eigenvalue weighted by atomic mass is 16.1. The largest absolute Gasteiger partial charge is 0.399 e. The molecule has 0 saturated carbocycles. The van der Waals surface area contributed by atoms with Crippen LogP contribution in [-0.2, 0) is 24.7 Å². The quantitative estimate of drug-likeness (QED) is 0.819. The summed E-state index contributed by atoms with van der Waals surface area (Å²) in [6.45, 7) is 4.54. The molecule has 21 heavy (non-hydrogen) atoms. The molecule has 0 aliphatic carbocycles. The van der Waals surface area contributed by atoms with Gasteiger partial charge in [0.05, 0.1) is 12.1 Å². The molecule has 3 N–H and O–H groups in total. The molecular formula is C16H22N4O. The number of hydrogen-bond donors (Lipinski definition) is 2. The van der Waals surface area contributed by atoms with E-state index in [-0.39, 0.29) is 5.91 Å². The van der Waals surface area contributed by atoms with Crippen molar-refractivity contribution in [1.29, 1.82) is 0 Å². The van der Waals surface area contributed by atoms with Crippen LogP contribution in [0.25, 0.3) is 0 Å². The highest BCUT2D eigenvalue weighted by Gasteiger charge is 2.12. The molecule has 0 radical (unpaired) electrons. The molecule has 0 unspecified atom stereocenters. The van der Waals surface area contributed by atoms with Crippen molar-refractivity contribution in [3.05, 3.63) is 46.8 Å². The highest BCUT2D eigenvalue weighted by Crippen LogP contribution is 2.12. The first-order valence-corrected chi connectivity index (χ1v) is 7.07. The summed E-state index contributed by atoms with van der Waals surface area (Å²) in [6.07, 6.45) is 1.18. The first kappa shape index (κ1) is 15.1. The molecular weight excluding hydrogens is 264 g/mol. The maximum absolute atomic E-state index is 12.0. The molecule has 5 nitrogen and oxygen atoms in total. The first-order valence-electron chi connectivity index (χ1n) is 7.07. The van der Waals surface area contributed by atoms with E-state index in [4.69, 9.17) is 5.73 Å². The number of rotatable bonds is 5. The fraction of sp³-hybridized carbons (Fsp3) is 0.375. The molecule has 0 spiro atoms. The van der Waals surface area contributed by atoms with E-state index in [9.17, 15) is 4.79 Å². The van der Waals surface area contributed by atoms with Crippen molar-refractivity contribution in [2.75, 3.05) is 12.3 Å². The van der Waals surface area contributed by atoms with Crippen molar-refractivity contribution in [2.24, 2.45) is 7.05 Å². The number of amides is 1. The lowest BCUT2D eigenvalue weighted by molar-refractivity contribution is -0.120. The van der Waals surface area contributed by atoms with Crippen LogP contribution in [0.4, 0.5) is 5.69 Å². The summed E-state index contributed by atoms with van der Waals surface area (Å²) in [5.41, 5.74) is 10.5. The van der Waals surface area contributed by atoms with Crippen LogP contribution in [0.3, 0.4) is 0 Å². The van der Waals surface area contributed by atoms with Crippen molar-refractivity contribution in [1.82, 2.24) is 15.1 Å². The molecule has 1 aromatic carbocycles. The number of benzene rings is 1. The number of aryl methyl sites for hydroxylation is 2. The molecule has 0 atom stereocenters. The molecule has 0 fully saturated rings. The zero-order chi connectivity index (χ0) is 15.4. The summed E-state index contributed by atoms with van der Waals surface area (Å²) >= 11 is 0. The first-order chi connectivity index (χ1) is 9.97. The second kappa shape index (κ2) is 6.43. The Morgan fingerprint density at radius 1 is 1.29 bits per heavy atom. The Bertz CT molecular complexity index is 628. The third-order valence-corrected chi connectivity index (χ3v) is 3.71. The number of aromatic nitrogens is 2. The molecule has 1 aromatic heterocycles. The van der Waals surface area contributed by atoms with Gasteiger partial charge >= 0.3 is 0 Å². The SMILES string of the molecule is Cc1nn(C)c(C)c1CC(=O)NCCc1ccc(N)cc1. The number of hydrogen-bond acceptors (Lipinski definition) is 3. The lowest BCUT2D eigenvalue weighted by Crippen LogP contribution is -2.27. The van der Waals surface area contributed by atoms with E-state index in [1.807, 2.05) is 49.8 Å². The molecule has 1 heterocycles. The van der Waals surface area contributed by atoms with Crippen molar-refractivity contribution in [3.63, 3.8) is 0 Å². The Morgan fingerprint density at radius 3 is 2.52 bits per heavy atom. The van der Waals surface area contributed by atoms with Crippen molar-refractivity contribution in [3.8, 4) is 0 Å². The van der Waals surface area contributed by atoms with Gasteiger partial charge in [0, 0.05) is 30.5 Å². The number of anilines is 1. The lowest BCUT2D eigenvalue weighted by Gasteiger charge is -2.06. The van der Waals surface area contributed by atoms with E-state index in [0.717, 1.165) is 29.1 Å². The van der Waals surface area contributed by atoms with E-state index in [1.54, 1.807) is 0 Å². The minimum atomic E-state index is 0.0321. The van der Waals surface area contributed by atoms with Crippen LogP contribution >= 0.6 is 0 Å². The van der Waals surface area contributed by atoms with Crippen LogP contribution in [0, 0.1) is 13.8 Å². The van der Waals surface area contributed by atoms with Gasteiger partial charge in [0.15, 0.2) is 0 Å². The Morgan fingerprint density at radius 2 is 1.95 bits per heavy atom. The molecule has 0 bridgehead atoms. The molecule has 5 heteroatoms.